The molecule has 1 rings (SSSR count). The molecule has 5 heteroatoms. The number of rotatable bonds is 7. The summed E-state index contributed by atoms with van der Waals surface area (Å²) in [7, 11) is 1.59. The summed E-state index contributed by atoms with van der Waals surface area (Å²) in [5.41, 5.74) is 0.939. The van der Waals surface area contributed by atoms with Crippen LogP contribution in [-0.2, 0) is 9.53 Å². The van der Waals surface area contributed by atoms with E-state index in [0.29, 0.717) is 24.4 Å². The second kappa shape index (κ2) is 7.65. The first-order chi connectivity index (χ1) is 9.51. The number of aliphatic carboxylic acids is 1. The van der Waals surface area contributed by atoms with Gasteiger partial charge in [-0.05, 0) is 26.0 Å². The number of carboxylic acids is 1. The first-order valence-electron chi connectivity index (χ1n) is 6.46. The van der Waals surface area contributed by atoms with E-state index < -0.39 is 5.97 Å². The van der Waals surface area contributed by atoms with Gasteiger partial charge < -0.3 is 14.7 Å². The van der Waals surface area contributed by atoms with E-state index in [1.807, 2.05) is 18.7 Å². The first kappa shape index (κ1) is 16.2. The highest BCUT2D eigenvalue weighted by Gasteiger charge is 2.18. The van der Waals surface area contributed by atoms with Crippen LogP contribution in [0.15, 0.2) is 24.3 Å². The Morgan fingerprint density at radius 1 is 1.55 bits per heavy atom. The minimum atomic E-state index is -1.06. The predicted molar refractivity (Wildman–Crippen MR) is 77.4 cm³/mol. The Morgan fingerprint density at radius 2 is 2.25 bits per heavy atom. The fourth-order valence-electron chi connectivity index (χ4n) is 2.15. The smallest absolute Gasteiger partial charge is 0.328 e. The zero-order valence-corrected chi connectivity index (χ0v) is 12.0. The largest absolute Gasteiger partial charge is 0.478 e. The highest BCUT2D eigenvalue weighted by atomic mass is 19.1. The molecule has 0 aliphatic heterocycles. The monoisotopic (exact) mass is 281 g/mol. The average molecular weight is 281 g/mol. The summed E-state index contributed by atoms with van der Waals surface area (Å²) in [6, 6.07) is 4.61. The van der Waals surface area contributed by atoms with Gasteiger partial charge >= 0.3 is 5.97 Å². The zero-order valence-electron chi connectivity index (χ0n) is 12.0. The molecule has 0 aliphatic carbocycles. The number of nitrogens with zero attached hydrogens (tertiary/aromatic N) is 1. The first-order valence-corrected chi connectivity index (χ1v) is 6.46. The van der Waals surface area contributed by atoms with Crippen LogP contribution < -0.4 is 4.90 Å². The van der Waals surface area contributed by atoms with Gasteiger partial charge in [0.1, 0.15) is 5.82 Å². The lowest BCUT2D eigenvalue weighted by atomic mass is 10.1. The van der Waals surface area contributed by atoms with Crippen LogP contribution in [0.4, 0.5) is 10.1 Å². The van der Waals surface area contributed by atoms with Gasteiger partial charge in [-0.2, -0.15) is 0 Å². The van der Waals surface area contributed by atoms with Crippen molar-refractivity contribution in [2.45, 2.75) is 19.9 Å². The molecule has 0 aromatic heterocycles. The number of para-hydroxylation sites is 1. The third-order valence-electron chi connectivity index (χ3n) is 2.99. The molecule has 0 spiro atoms. The number of benzene rings is 1. The minimum Gasteiger partial charge on any atom is -0.478 e. The van der Waals surface area contributed by atoms with Crippen molar-refractivity contribution >= 4 is 17.7 Å². The lowest BCUT2D eigenvalue weighted by Gasteiger charge is -2.31. The van der Waals surface area contributed by atoms with Gasteiger partial charge in [0.25, 0.3) is 0 Å². The normalized spacial score (nSPS) is 12.6. The van der Waals surface area contributed by atoms with Gasteiger partial charge in [0.15, 0.2) is 0 Å². The molecule has 1 aromatic rings. The van der Waals surface area contributed by atoms with E-state index in [9.17, 15) is 9.18 Å². The van der Waals surface area contributed by atoms with Crippen LogP contribution >= 0.6 is 0 Å². The Labute approximate surface area is 118 Å². The lowest BCUT2D eigenvalue weighted by molar-refractivity contribution is -0.131. The SMILES string of the molecule is CCN(c1c(F)cccc1/C=C/C(=O)O)C(C)COC. The topological polar surface area (TPSA) is 49.8 Å². The van der Waals surface area contributed by atoms with Crippen LogP contribution in [0.5, 0.6) is 0 Å². The fourth-order valence-corrected chi connectivity index (χ4v) is 2.15. The van der Waals surface area contributed by atoms with Crippen LogP contribution in [0.2, 0.25) is 0 Å². The lowest BCUT2D eigenvalue weighted by Crippen LogP contribution is -2.37. The molecule has 0 heterocycles. The zero-order chi connectivity index (χ0) is 15.1. The summed E-state index contributed by atoms with van der Waals surface area (Å²) in [6.07, 6.45) is 2.41. The van der Waals surface area contributed by atoms with Gasteiger partial charge in [0.05, 0.1) is 12.3 Å². The van der Waals surface area contributed by atoms with Crippen molar-refractivity contribution in [2.75, 3.05) is 25.2 Å². The number of methoxy groups -OCH3 is 1. The number of carbonyl (C=O) groups is 1. The number of halogens is 1. The number of carboxylic acid groups (broad SMARTS) is 1. The number of anilines is 1. The standard InChI is InChI=1S/C15H20FNO3/c1-4-17(11(2)10-20-3)15-12(8-9-14(18)19)6-5-7-13(15)16/h5-9,11H,4,10H2,1-3H3,(H,18,19)/b9-8+. The number of ether oxygens (including phenoxy) is 1. The number of hydrogen-bond donors (Lipinski definition) is 1. The van der Waals surface area contributed by atoms with E-state index in [1.165, 1.54) is 12.1 Å². The highest BCUT2D eigenvalue weighted by molar-refractivity contribution is 5.87. The van der Waals surface area contributed by atoms with Crippen molar-refractivity contribution < 1.29 is 19.0 Å². The van der Waals surface area contributed by atoms with Gasteiger partial charge in [-0.1, -0.05) is 12.1 Å². The Balaban J connectivity index is 3.22. The Bertz CT molecular complexity index is 488. The predicted octanol–water partition coefficient (Wildman–Crippen LogP) is 2.78. The van der Waals surface area contributed by atoms with Gasteiger partial charge in [-0.25, -0.2) is 9.18 Å². The maximum absolute atomic E-state index is 14.1. The molecule has 20 heavy (non-hydrogen) atoms. The van der Waals surface area contributed by atoms with E-state index in [4.69, 9.17) is 9.84 Å². The van der Waals surface area contributed by atoms with Crippen molar-refractivity contribution in [3.8, 4) is 0 Å². The second-order valence-corrected chi connectivity index (χ2v) is 4.44. The Kier molecular flexibility index (Phi) is 6.18. The molecule has 110 valence electrons. The van der Waals surface area contributed by atoms with Gasteiger partial charge in [-0.15, -0.1) is 0 Å². The van der Waals surface area contributed by atoms with Crippen molar-refractivity contribution in [2.24, 2.45) is 0 Å². The maximum atomic E-state index is 14.1. The average Bonchev–Trinajstić information content (AvgIpc) is 2.39. The van der Waals surface area contributed by atoms with Crippen molar-refractivity contribution in [3.05, 3.63) is 35.7 Å². The number of hydrogen-bond acceptors (Lipinski definition) is 3. The molecule has 1 N–H and O–H groups in total. The minimum absolute atomic E-state index is 0.0149. The van der Waals surface area contributed by atoms with Crippen LogP contribution in [0, 0.1) is 5.82 Å². The summed E-state index contributed by atoms with van der Waals surface area (Å²) < 4.78 is 19.3. The van der Waals surface area contributed by atoms with Crippen LogP contribution in [-0.4, -0.2) is 37.4 Å². The molecule has 4 nitrogen and oxygen atoms in total. The van der Waals surface area contributed by atoms with Crippen molar-refractivity contribution in [1.82, 2.24) is 0 Å². The van der Waals surface area contributed by atoms with E-state index in [1.54, 1.807) is 19.2 Å². The molecule has 1 unspecified atom stereocenters. The van der Waals surface area contributed by atoms with Gasteiger partial charge in [0.2, 0.25) is 0 Å². The van der Waals surface area contributed by atoms with E-state index in [2.05, 4.69) is 0 Å². The van der Waals surface area contributed by atoms with Crippen molar-refractivity contribution in [1.29, 1.82) is 0 Å². The van der Waals surface area contributed by atoms with Crippen molar-refractivity contribution in [3.63, 3.8) is 0 Å². The fraction of sp³-hybridized carbons (Fsp3) is 0.400. The molecule has 0 fully saturated rings. The molecule has 0 saturated carbocycles. The Hall–Kier alpha value is -1.88. The van der Waals surface area contributed by atoms with Crippen LogP contribution in [0.1, 0.15) is 19.4 Å². The third-order valence-corrected chi connectivity index (χ3v) is 2.99. The molecular formula is C15H20FNO3. The second-order valence-electron chi connectivity index (χ2n) is 4.44. The summed E-state index contributed by atoms with van der Waals surface area (Å²) in [6.45, 7) is 4.91. The molecule has 0 saturated heterocycles. The molecule has 0 amide bonds. The van der Waals surface area contributed by atoms with E-state index in [-0.39, 0.29) is 11.9 Å². The molecule has 1 atom stereocenters. The maximum Gasteiger partial charge on any atom is 0.328 e. The summed E-state index contributed by atoms with van der Waals surface area (Å²) in [5.74, 6) is -1.43. The Morgan fingerprint density at radius 3 is 2.80 bits per heavy atom. The van der Waals surface area contributed by atoms with E-state index >= 15 is 0 Å². The van der Waals surface area contributed by atoms with E-state index in [0.717, 1.165) is 6.08 Å². The molecule has 0 bridgehead atoms. The summed E-state index contributed by atoms with van der Waals surface area (Å²) in [5, 5.41) is 8.71. The summed E-state index contributed by atoms with van der Waals surface area (Å²) >= 11 is 0. The molecule has 1 aromatic carbocycles. The highest BCUT2D eigenvalue weighted by Crippen LogP contribution is 2.27. The molecule has 0 aliphatic rings. The van der Waals surface area contributed by atoms with Crippen LogP contribution in [0.25, 0.3) is 6.08 Å². The number of likely N-dealkylation sites (N-methyl/N-ethyl adjacent to an activating group) is 1. The van der Waals surface area contributed by atoms with Crippen LogP contribution in [0.3, 0.4) is 0 Å². The third kappa shape index (κ3) is 4.06. The molecular weight excluding hydrogens is 261 g/mol. The summed E-state index contributed by atoms with van der Waals surface area (Å²) in [4.78, 5) is 12.5. The van der Waals surface area contributed by atoms with Gasteiger partial charge in [-0.3, -0.25) is 0 Å². The quantitative estimate of drug-likeness (QED) is 0.781. The molecule has 0 radical (unpaired) electrons. The van der Waals surface area contributed by atoms with Gasteiger partial charge in [0, 0.05) is 31.3 Å².